The van der Waals surface area contributed by atoms with Crippen molar-refractivity contribution in [3.63, 3.8) is 0 Å². The fourth-order valence-corrected chi connectivity index (χ4v) is 3.27. The highest BCUT2D eigenvalue weighted by molar-refractivity contribution is 14.1. The van der Waals surface area contributed by atoms with Gasteiger partial charge in [0.05, 0.1) is 0 Å². The minimum Gasteiger partial charge on any atom is -0.322 e. The third kappa shape index (κ3) is 4.08. The number of benzene rings is 2. The Kier molecular flexibility index (Phi) is 5.10. The Balaban J connectivity index is 1.61. The third-order valence-corrected chi connectivity index (χ3v) is 4.57. The normalized spacial score (nSPS) is 15.0. The van der Waals surface area contributed by atoms with Crippen LogP contribution in [0.15, 0.2) is 48.5 Å². The van der Waals surface area contributed by atoms with E-state index in [2.05, 4.69) is 44.9 Å². The number of hydrogen-bond acceptors (Lipinski definition) is 2. The Hall–Kier alpha value is -1.40. The Labute approximate surface area is 144 Å². The molecule has 1 amide bonds. The van der Waals surface area contributed by atoms with Crippen molar-refractivity contribution in [2.45, 2.75) is 19.4 Å². The van der Waals surface area contributed by atoms with E-state index in [1.165, 1.54) is 31.5 Å². The lowest BCUT2D eigenvalue weighted by Crippen LogP contribution is -2.18. The molecule has 0 aliphatic carbocycles. The highest BCUT2D eigenvalue weighted by atomic mass is 127. The van der Waals surface area contributed by atoms with Gasteiger partial charge in [-0.25, -0.2) is 0 Å². The number of nitrogens with zero attached hydrogens (tertiary/aromatic N) is 1. The summed E-state index contributed by atoms with van der Waals surface area (Å²) in [5.41, 5.74) is 2.83. The smallest absolute Gasteiger partial charge is 0.255 e. The van der Waals surface area contributed by atoms with E-state index in [9.17, 15) is 4.79 Å². The predicted octanol–water partition coefficient (Wildman–Crippen LogP) is 4.14. The zero-order valence-corrected chi connectivity index (χ0v) is 14.5. The molecular weight excluding hydrogens is 387 g/mol. The quantitative estimate of drug-likeness (QED) is 0.775. The summed E-state index contributed by atoms with van der Waals surface area (Å²) in [5.74, 6) is -0.0641. The van der Waals surface area contributed by atoms with Gasteiger partial charge >= 0.3 is 0 Å². The predicted molar refractivity (Wildman–Crippen MR) is 98.1 cm³/mol. The monoisotopic (exact) mass is 406 g/mol. The summed E-state index contributed by atoms with van der Waals surface area (Å²) >= 11 is 2.21. The van der Waals surface area contributed by atoms with Crippen LogP contribution in [0.5, 0.6) is 0 Å². The molecule has 3 rings (SSSR count). The fraction of sp³-hybridized carbons (Fsp3) is 0.278. The number of anilines is 1. The van der Waals surface area contributed by atoms with Gasteiger partial charge in [-0.15, -0.1) is 0 Å². The van der Waals surface area contributed by atoms with Gasteiger partial charge < -0.3 is 5.32 Å². The van der Waals surface area contributed by atoms with Crippen molar-refractivity contribution < 1.29 is 4.79 Å². The second-order valence-corrected chi connectivity index (χ2v) is 6.89. The Morgan fingerprint density at radius 3 is 2.50 bits per heavy atom. The number of amides is 1. The molecule has 0 bridgehead atoms. The molecule has 2 aromatic rings. The highest BCUT2D eigenvalue weighted by Gasteiger charge is 2.11. The van der Waals surface area contributed by atoms with E-state index < -0.39 is 0 Å². The lowest BCUT2D eigenvalue weighted by Gasteiger charge is -2.14. The number of carbonyl (C=O) groups excluding carboxylic acids is 1. The van der Waals surface area contributed by atoms with Crippen LogP contribution in [0.25, 0.3) is 0 Å². The minimum atomic E-state index is -0.0641. The summed E-state index contributed by atoms with van der Waals surface area (Å²) in [4.78, 5) is 14.7. The van der Waals surface area contributed by atoms with Crippen molar-refractivity contribution in [1.29, 1.82) is 0 Å². The molecule has 1 heterocycles. The first-order valence-corrected chi connectivity index (χ1v) is 8.67. The molecule has 1 aliphatic rings. The fourth-order valence-electron chi connectivity index (χ4n) is 2.73. The first kappa shape index (κ1) is 15.5. The van der Waals surface area contributed by atoms with E-state index in [0.717, 1.165) is 15.8 Å². The molecule has 0 spiro atoms. The van der Waals surface area contributed by atoms with Crippen molar-refractivity contribution in [2.75, 3.05) is 18.4 Å². The first-order valence-electron chi connectivity index (χ1n) is 7.59. The van der Waals surface area contributed by atoms with Crippen LogP contribution in [-0.2, 0) is 6.54 Å². The lowest BCUT2D eigenvalue weighted by molar-refractivity contribution is 0.102. The standard InChI is InChI=1S/C18H19IN2O/c19-16-5-3-4-15(12-16)18(22)20-17-8-6-14(7-9-17)13-21-10-1-2-11-21/h3-9,12H,1-2,10-11,13H2,(H,20,22). The molecular formula is C18H19IN2O. The van der Waals surface area contributed by atoms with Crippen LogP contribution >= 0.6 is 22.6 Å². The Bertz CT molecular complexity index is 648. The number of halogens is 1. The maximum Gasteiger partial charge on any atom is 0.255 e. The Morgan fingerprint density at radius 2 is 1.82 bits per heavy atom. The number of hydrogen-bond donors (Lipinski definition) is 1. The highest BCUT2D eigenvalue weighted by Crippen LogP contribution is 2.16. The molecule has 2 aromatic carbocycles. The van der Waals surface area contributed by atoms with Crippen LogP contribution < -0.4 is 5.32 Å². The van der Waals surface area contributed by atoms with Gasteiger partial charge in [0.15, 0.2) is 0 Å². The molecule has 0 atom stereocenters. The van der Waals surface area contributed by atoms with Gasteiger partial charge in [0.1, 0.15) is 0 Å². The van der Waals surface area contributed by atoms with Gasteiger partial charge in [-0.3, -0.25) is 9.69 Å². The van der Waals surface area contributed by atoms with Crippen molar-refractivity contribution in [3.05, 3.63) is 63.2 Å². The van der Waals surface area contributed by atoms with Crippen LogP contribution in [0.1, 0.15) is 28.8 Å². The van der Waals surface area contributed by atoms with Crippen molar-refractivity contribution in [1.82, 2.24) is 4.90 Å². The van der Waals surface area contributed by atoms with Gasteiger partial charge in [-0.1, -0.05) is 18.2 Å². The van der Waals surface area contributed by atoms with E-state index in [4.69, 9.17) is 0 Å². The molecule has 0 aromatic heterocycles. The summed E-state index contributed by atoms with van der Waals surface area (Å²) in [6, 6.07) is 15.8. The number of rotatable bonds is 4. The van der Waals surface area contributed by atoms with Gasteiger partial charge in [-0.2, -0.15) is 0 Å². The topological polar surface area (TPSA) is 32.3 Å². The molecule has 1 saturated heterocycles. The second-order valence-electron chi connectivity index (χ2n) is 5.64. The average Bonchev–Trinajstić information content (AvgIpc) is 3.02. The minimum absolute atomic E-state index is 0.0641. The average molecular weight is 406 g/mol. The largest absolute Gasteiger partial charge is 0.322 e. The maximum absolute atomic E-state index is 12.2. The van der Waals surface area contributed by atoms with Gasteiger partial charge in [0.2, 0.25) is 0 Å². The molecule has 0 saturated carbocycles. The van der Waals surface area contributed by atoms with Gasteiger partial charge in [-0.05, 0) is 84.4 Å². The van der Waals surface area contributed by atoms with Crippen molar-refractivity contribution >= 4 is 34.2 Å². The summed E-state index contributed by atoms with van der Waals surface area (Å²) < 4.78 is 1.06. The van der Waals surface area contributed by atoms with Crippen LogP contribution in [-0.4, -0.2) is 23.9 Å². The van der Waals surface area contributed by atoms with E-state index >= 15 is 0 Å². The number of carbonyl (C=O) groups is 1. The van der Waals surface area contributed by atoms with Crippen LogP contribution in [0, 0.1) is 3.57 Å². The van der Waals surface area contributed by atoms with Gasteiger partial charge in [0, 0.05) is 21.4 Å². The number of nitrogens with one attached hydrogen (secondary N) is 1. The van der Waals surface area contributed by atoms with E-state index in [1.807, 2.05) is 36.4 Å². The zero-order valence-electron chi connectivity index (χ0n) is 12.4. The van der Waals surface area contributed by atoms with E-state index in [-0.39, 0.29) is 5.91 Å². The molecule has 22 heavy (non-hydrogen) atoms. The zero-order chi connectivity index (χ0) is 15.4. The van der Waals surface area contributed by atoms with Crippen LogP contribution in [0.3, 0.4) is 0 Å². The van der Waals surface area contributed by atoms with Crippen LogP contribution in [0.4, 0.5) is 5.69 Å². The molecule has 1 aliphatic heterocycles. The molecule has 0 radical (unpaired) electrons. The third-order valence-electron chi connectivity index (χ3n) is 3.90. The second kappa shape index (κ2) is 7.24. The van der Waals surface area contributed by atoms with Crippen molar-refractivity contribution in [3.8, 4) is 0 Å². The molecule has 0 unspecified atom stereocenters. The Morgan fingerprint density at radius 1 is 1.09 bits per heavy atom. The summed E-state index contributed by atoms with van der Waals surface area (Å²) in [6.45, 7) is 3.40. The molecule has 3 nitrogen and oxygen atoms in total. The maximum atomic E-state index is 12.2. The summed E-state index contributed by atoms with van der Waals surface area (Å²) in [6.07, 6.45) is 2.62. The lowest BCUT2D eigenvalue weighted by atomic mass is 10.1. The SMILES string of the molecule is O=C(Nc1ccc(CN2CCCC2)cc1)c1cccc(I)c1. The summed E-state index contributed by atoms with van der Waals surface area (Å²) in [5, 5.41) is 2.95. The van der Waals surface area contributed by atoms with Gasteiger partial charge in [0.25, 0.3) is 5.91 Å². The van der Waals surface area contributed by atoms with E-state index in [0.29, 0.717) is 5.56 Å². The summed E-state index contributed by atoms with van der Waals surface area (Å²) in [7, 11) is 0. The molecule has 1 N–H and O–H groups in total. The molecule has 4 heteroatoms. The molecule has 114 valence electrons. The van der Waals surface area contributed by atoms with E-state index in [1.54, 1.807) is 0 Å². The number of likely N-dealkylation sites (tertiary alicyclic amines) is 1. The van der Waals surface area contributed by atoms with Crippen molar-refractivity contribution in [2.24, 2.45) is 0 Å². The molecule has 1 fully saturated rings. The first-order chi connectivity index (χ1) is 10.7. The van der Waals surface area contributed by atoms with Crippen LogP contribution in [0.2, 0.25) is 0 Å².